The summed E-state index contributed by atoms with van der Waals surface area (Å²) in [6, 6.07) is 27.6. The molecule has 0 atom stereocenters. The van der Waals surface area contributed by atoms with Crippen LogP contribution >= 0.6 is 0 Å². The first-order valence-corrected chi connectivity index (χ1v) is 6.82. The van der Waals surface area contributed by atoms with Crippen molar-refractivity contribution in [1.29, 1.82) is 0 Å². The highest BCUT2D eigenvalue weighted by atomic mass is 14.9. The van der Waals surface area contributed by atoms with E-state index in [1.807, 2.05) is 0 Å². The van der Waals surface area contributed by atoms with Crippen molar-refractivity contribution in [3.63, 3.8) is 0 Å². The third kappa shape index (κ3) is 1.71. The van der Waals surface area contributed by atoms with E-state index in [4.69, 9.17) is 0 Å². The van der Waals surface area contributed by atoms with Crippen LogP contribution in [0.5, 0.6) is 0 Å². The van der Waals surface area contributed by atoms with Crippen LogP contribution in [0.1, 0.15) is 16.7 Å². The first kappa shape index (κ1) is 11.3. The molecular formula is C19H14N. The second kappa shape index (κ2) is 4.53. The Labute approximate surface area is 118 Å². The van der Waals surface area contributed by atoms with Crippen LogP contribution in [-0.4, -0.2) is 0 Å². The number of anilines is 2. The zero-order valence-electron chi connectivity index (χ0n) is 11.0. The van der Waals surface area contributed by atoms with Gasteiger partial charge in [0.05, 0.1) is 5.92 Å². The maximum atomic E-state index is 3.52. The van der Waals surface area contributed by atoms with Crippen LogP contribution in [0, 0.1) is 5.92 Å². The molecule has 1 aliphatic rings. The minimum atomic E-state index is 1.17. The summed E-state index contributed by atoms with van der Waals surface area (Å²) in [6.45, 7) is 0. The minimum absolute atomic E-state index is 1.17. The maximum Gasteiger partial charge on any atom is 0.0671 e. The van der Waals surface area contributed by atoms with E-state index in [2.05, 4.69) is 84.2 Å². The van der Waals surface area contributed by atoms with Gasteiger partial charge in [-0.3, -0.25) is 0 Å². The molecule has 1 nitrogen and oxygen atoms in total. The van der Waals surface area contributed by atoms with Crippen molar-refractivity contribution in [3.8, 4) is 0 Å². The van der Waals surface area contributed by atoms with E-state index < -0.39 is 0 Å². The van der Waals surface area contributed by atoms with Crippen LogP contribution in [0.2, 0.25) is 0 Å². The van der Waals surface area contributed by atoms with Gasteiger partial charge in [-0.1, -0.05) is 66.7 Å². The topological polar surface area (TPSA) is 12.0 Å². The van der Waals surface area contributed by atoms with E-state index in [0.29, 0.717) is 0 Å². The lowest BCUT2D eigenvalue weighted by atomic mass is 9.81. The summed E-state index contributed by atoms with van der Waals surface area (Å²) in [5, 5.41) is 3.52. The second-order valence-corrected chi connectivity index (χ2v) is 4.96. The zero-order chi connectivity index (χ0) is 13.4. The van der Waals surface area contributed by atoms with Crippen LogP contribution in [-0.2, 0) is 0 Å². The normalized spacial score (nSPS) is 13.2. The molecular weight excluding hydrogens is 242 g/mol. The Kier molecular flexibility index (Phi) is 2.56. The smallest absolute Gasteiger partial charge is 0.0671 e. The molecule has 4 rings (SSSR count). The molecule has 0 unspecified atom stereocenters. The van der Waals surface area contributed by atoms with E-state index in [-0.39, 0.29) is 0 Å². The highest BCUT2D eigenvalue weighted by Gasteiger charge is 2.26. The molecule has 1 aliphatic heterocycles. The van der Waals surface area contributed by atoms with Gasteiger partial charge in [0.25, 0.3) is 0 Å². The molecule has 1 heterocycles. The molecule has 3 aromatic rings. The fourth-order valence-corrected chi connectivity index (χ4v) is 2.83. The predicted molar refractivity (Wildman–Crippen MR) is 83.2 cm³/mol. The van der Waals surface area contributed by atoms with Crippen molar-refractivity contribution in [3.05, 3.63) is 101 Å². The van der Waals surface area contributed by atoms with Gasteiger partial charge >= 0.3 is 0 Å². The monoisotopic (exact) mass is 256 g/mol. The molecule has 95 valence electrons. The molecule has 20 heavy (non-hydrogen) atoms. The summed E-state index contributed by atoms with van der Waals surface area (Å²) in [6.07, 6.45) is 0. The number of nitrogens with one attached hydrogen (secondary N) is 1. The Morgan fingerprint density at radius 2 is 1.00 bits per heavy atom. The Balaban J connectivity index is 1.98. The lowest BCUT2D eigenvalue weighted by Gasteiger charge is -2.29. The first-order chi connectivity index (χ1) is 9.93. The van der Waals surface area contributed by atoms with Gasteiger partial charge < -0.3 is 5.32 Å². The van der Waals surface area contributed by atoms with Gasteiger partial charge in [-0.05, 0) is 28.8 Å². The number of benzene rings is 3. The summed E-state index contributed by atoms with van der Waals surface area (Å²) >= 11 is 0. The number of para-hydroxylation sites is 2. The lowest BCUT2D eigenvalue weighted by molar-refractivity contribution is 1.20. The molecule has 3 aromatic carbocycles. The molecule has 1 heteroatoms. The van der Waals surface area contributed by atoms with Crippen LogP contribution in [0.3, 0.4) is 0 Å². The molecule has 0 spiro atoms. The number of rotatable bonds is 1. The largest absolute Gasteiger partial charge is 0.355 e. The van der Waals surface area contributed by atoms with Gasteiger partial charge in [-0.15, -0.1) is 0 Å². The Morgan fingerprint density at radius 1 is 0.500 bits per heavy atom. The Bertz CT molecular complexity index is 701. The van der Waals surface area contributed by atoms with Gasteiger partial charge in [-0.2, -0.15) is 0 Å². The van der Waals surface area contributed by atoms with Crippen molar-refractivity contribution in [2.75, 3.05) is 5.32 Å². The van der Waals surface area contributed by atoms with Gasteiger partial charge in [0.1, 0.15) is 0 Å². The summed E-state index contributed by atoms with van der Waals surface area (Å²) < 4.78 is 0. The highest BCUT2D eigenvalue weighted by molar-refractivity contribution is 5.82. The molecule has 0 saturated carbocycles. The van der Waals surface area contributed by atoms with Gasteiger partial charge in [0.2, 0.25) is 0 Å². The number of fused-ring (bicyclic) bond motifs is 2. The highest BCUT2D eigenvalue weighted by Crippen LogP contribution is 2.43. The van der Waals surface area contributed by atoms with E-state index in [0.717, 1.165) is 0 Å². The molecule has 0 bridgehead atoms. The van der Waals surface area contributed by atoms with E-state index in [1.54, 1.807) is 0 Å². The fourth-order valence-electron chi connectivity index (χ4n) is 2.83. The van der Waals surface area contributed by atoms with Gasteiger partial charge in [0.15, 0.2) is 0 Å². The van der Waals surface area contributed by atoms with Crippen LogP contribution in [0.25, 0.3) is 0 Å². The van der Waals surface area contributed by atoms with Crippen molar-refractivity contribution in [1.82, 2.24) is 0 Å². The van der Waals surface area contributed by atoms with Crippen LogP contribution in [0.15, 0.2) is 78.9 Å². The summed E-state index contributed by atoms with van der Waals surface area (Å²) in [7, 11) is 0. The molecule has 0 aliphatic carbocycles. The molecule has 0 saturated heterocycles. The van der Waals surface area contributed by atoms with E-state index >= 15 is 0 Å². The summed E-state index contributed by atoms with van der Waals surface area (Å²) in [5.41, 5.74) is 6.12. The van der Waals surface area contributed by atoms with Gasteiger partial charge in [0, 0.05) is 11.4 Å². The van der Waals surface area contributed by atoms with Crippen molar-refractivity contribution >= 4 is 11.4 Å². The van der Waals surface area contributed by atoms with Crippen molar-refractivity contribution in [2.24, 2.45) is 0 Å². The fraction of sp³-hybridized carbons (Fsp3) is 0. The van der Waals surface area contributed by atoms with Crippen LogP contribution in [0.4, 0.5) is 11.4 Å². The first-order valence-electron chi connectivity index (χ1n) is 6.82. The number of hydrogen-bond donors (Lipinski definition) is 1. The zero-order valence-corrected chi connectivity index (χ0v) is 11.0. The summed E-state index contributed by atoms with van der Waals surface area (Å²) in [4.78, 5) is 0. The van der Waals surface area contributed by atoms with E-state index in [1.165, 1.54) is 34.0 Å². The average molecular weight is 256 g/mol. The Morgan fingerprint density at radius 3 is 1.60 bits per heavy atom. The molecule has 1 radical (unpaired) electrons. The molecule has 1 N–H and O–H groups in total. The van der Waals surface area contributed by atoms with Gasteiger partial charge in [-0.25, -0.2) is 0 Å². The predicted octanol–water partition coefficient (Wildman–Crippen LogP) is 4.76. The SMILES string of the molecule is c1ccc([C]2c3ccccc3Nc3ccccc32)cc1. The molecule has 0 fully saturated rings. The average Bonchev–Trinajstić information content (AvgIpc) is 2.53. The maximum absolute atomic E-state index is 3.52. The summed E-state index contributed by atoms with van der Waals surface area (Å²) in [5.74, 6) is 1.30. The second-order valence-electron chi connectivity index (χ2n) is 4.96. The minimum Gasteiger partial charge on any atom is -0.355 e. The van der Waals surface area contributed by atoms with E-state index in [9.17, 15) is 0 Å². The van der Waals surface area contributed by atoms with Crippen molar-refractivity contribution < 1.29 is 0 Å². The number of hydrogen-bond acceptors (Lipinski definition) is 1. The standard InChI is InChI=1S/C19H14N/c1-2-8-14(9-3-1)19-15-10-4-6-12-17(15)20-18-13-7-5-11-16(18)19/h1-13,20H. The third-order valence-electron chi connectivity index (χ3n) is 3.72. The lowest BCUT2D eigenvalue weighted by Crippen LogP contribution is -2.14. The Hall–Kier alpha value is -2.54. The third-order valence-corrected chi connectivity index (χ3v) is 3.72. The van der Waals surface area contributed by atoms with Crippen LogP contribution < -0.4 is 5.32 Å². The molecule has 0 amide bonds. The molecule has 0 aromatic heterocycles. The van der Waals surface area contributed by atoms with Crippen molar-refractivity contribution in [2.45, 2.75) is 0 Å². The quantitative estimate of drug-likeness (QED) is 0.517.